The molecule has 0 aliphatic heterocycles. The zero-order valence-electron chi connectivity index (χ0n) is 5.30. The molecule has 0 heterocycles. The Morgan fingerprint density at radius 3 is 2.00 bits per heavy atom. The van der Waals surface area contributed by atoms with E-state index >= 15 is 0 Å². The van der Waals surface area contributed by atoms with Gasteiger partial charge in [0.2, 0.25) is 0 Å². The normalized spacial score (nSPS) is 14.1. The first-order valence-corrected chi connectivity index (χ1v) is 4.49. The predicted octanol–water partition coefficient (Wildman–Crippen LogP) is -2.68. The molecule has 0 N–H and O–H groups in total. The van der Waals surface area contributed by atoms with Crippen LogP contribution in [-0.4, -0.2) is 23.6 Å². The van der Waals surface area contributed by atoms with Crippen molar-refractivity contribution in [1.82, 2.24) is 0 Å². The van der Waals surface area contributed by atoms with E-state index in [1.54, 1.807) is 6.92 Å². The van der Waals surface area contributed by atoms with Crippen molar-refractivity contribution in [1.29, 1.82) is 0 Å². The summed E-state index contributed by atoms with van der Waals surface area (Å²) in [4.78, 5) is -0.245. The molecule has 0 aromatic carbocycles. The second-order valence-corrected chi connectivity index (χ2v) is 4.52. The topological polar surface area (TPSA) is 57.2 Å². The summed E-state index contributed by atoms with van der Waals surface area (Å²) in [5.41, 5.74) is 0. The molecule has 0 aliphatic rings. The second kappa shape index (κ2) is 5.09. The Labute approximate surface area is 85.4 Å². The zero-order chi connectivity index (χ0) is 6.78. The van der Waals surface area contributed by atoms with E-state index in [2.05, 4.69) is 15.9 Å². The van der Waals surface area contributed by atoms with Crippen LogP contribution in [0.2, 0.25) is 0 Å². The molecule has 9 heavy (non-hydrogen) atoms. The Bertz CT molecular complexity index is 152. The Hall–Kier alpha value is 1.39. The standard InChI is InChI=1S/C3H7BrO3S.Na/c1-3(4)2-8(5,6)7;/h3H,2H2,1H3,(H,5,6,7);/q;+1/p-1. The van der Waals surface area contributed by atoms with Crippen molar-refractivity contribution >= 4 is 26.0 Å². The maximum atomic E-state index is 9.86. The van der Waals surface area contributed by atoms with Crippen LogP contribution in [0.15, 0.2) is 0 Å². The van der Waals surface area contributed by atoms with Gasteiger partial charge in [-0.05, 0) is 0 Å². The fourth-order valence-corrected chi connectivity index (χ4v) is 1.82. The van der Waals surface area contributed by atoms with Crippen LogP contribution in [0, 0.1) is 0 Å². The van der Waals surface area contributed by atoms with Crippen molar-refractivity contribution in [3.05, 3.63) is 0 Å². The minimum Gasteiger partial charge on any atom is -0.748 e. The van der Waals surface area contributed by atoms with Crippen molar-refractivity contribution in [3.8, 4) is 0 Å². The average molecular weight is 225 g/mol. The smallest absolute Gasteiger partial charge is 0.748 e. The van der Waals surface area contributed by atoms with Crippen LogP contribution in [0.5, 0.6) is 0 Å². The third-order valence-electron chi connectivity index (χ3n) is 0.434. The third kappa shape index (κ3) is 12.6. The van der Waals surface area contributed by atoms with Gasteiger partial charge in [0.05, 0.1) is 15.9 Å². The van der Waals surface area contributed by atoms with Gasteiger partial charge in [-0.1, -0.05) is 22.9 Å². The van der Waals surface area contributed by atoms with Crippen molar-refractivity contribution in [2.75, 3.05) is 5.75 Å². The van der Waals surface area contributed by atoms with Gasteiger partial charge in [0.1, 0.15) is 0 Å². The fraction of sp³-hybridized carbons (Fsp3) is 1.00. The zero-order valence-corrected chi connectivity index (χ0v) is 9.70. The first-order chi connectivity index (χ1) is 3.42. The monoisotopic (exact) mass is 224 g/mol. The van der Waals surface area contributed by atoms with Crippen molar-refractivity contribution in [2.45, 2.75) is 11.8 Å². The van der Waals surface area contributed by atoms with Gasteiger partial charge in [-0.15, -0.1) is 0 Å². The Kier molecular flexibility index (Phi) is 7.37. The average Bonchev–Trinajstić information content (AvgIpc) is 1.21. The Morgan fingerprint density at radius 2 is 2.00 bits per heavy atom. The van der Waals surface area contributed by atoms with E-state index in [1.165, 1.54) is 0 Å². The van der Waals surface area contributed by atoms with Crippen LogP contribution < -0.4 is 29.6 Å². The van der Waals surface area contributed by atoms with E-state index < -0.39 is 10.1 Å². The molecule has 0 spiro atoms. The van der Waals surface area contributed by atoms with E-state index in [0.29, 0.717) is 0 Å². The number of alkyl halides is 1. The van der Waals surface area contributed by atoms with Crippen LogP contribution in [0.1, 0.15) is 6.92 Å². The van der Waals surface area contributed by atoms with Gasteiger partial charge in [0, 0.05) is 4.83 Å². The number of hydrogen-bond acceptors (Lipinski definition) is 3. The third-order valence-corrected chi connectivity index (χ3v) is 2.09. The van der Waals surface area contributed by atoms with Gasteiger partial charge >= 0.3 is 29.6 Å². The van der Waals surface area contributed by atoms with E-state index in [-0.39, 0.29) is 40.1 Å². The maximum absolute atomic E-state index is 9.86. The molecule has 0 bridgehead atoms. The van der Waals surface area contributed by atoms with E-state index in [0.717, 1.165) is 0 Å². The number of hydrogen-bond donors (Lipinski definition) is 0. The van der Waals surface area contributed by atoms with Crippen LogP contribution in [0.3, 0.4) is 0 Å². The molecule has 0 amide bonds. The van der Waals surface area contributed by atoms with Gasteiger partial charge in [0.25, 0.3) is 0 Å². The molecule has 0 rings (SSSR count). The molecule has 0 radical (unpaired) electrons. The van der Waals surface area contributed by atoms with E-state index in [4.69, 9.17) is 0 Å². The van der Waals surface area contributed by atoms with Gasteiger partial charge in [0.15, 0.2) is 0 Å². The fourth-order valence-electron chi connectivity index (χ4n) is 0.281. The molecule has 0 aromatic rings. The predicted molar refractivity (Wildman–Crippen MR) is 33.0 cm³/mol. The Balaban J connectivity index is 0. The maximum Gasteiger partial charge on any atom is 1.00 e. The van der Waals surface area contributed by atoms with Crippen LogP contribution in [0.4, 0.5) is 0 Å². The minimum absolute atomic E-state index is 0. The molecule has 3 nitrogen and oxygen atoms in total. The van der Waals surface area contributed by atoms with Crippen LogP contribution >= 0.6 is 15.9 Å². The van der Waals surface area contributed by atoms with Gasteiger partial charge in [-0.3, -0.25) is 0 Å². The van der Waals surface area contributed by atoms with E-state index in [9.17, 15) is 13.0 Å². The summed E-state index contributed by atoms with van der Waals surface area (Å²) in [5.74, 6) is -0.340. The molecular weight excluding hydrogens is 219 g/mol. The largest absolute Gasteiger partial charge is 1.00 e. The number of rotatable bonds is 2. The van der Waals surface area contributed by atoms with Crippen LogP contribution in [0.25, 0.3) is 0 Å². The van der Waals surface area contributed by atoms with Crippen molar-refractivity contribution in [2.24, 2.45) is 0 Å². The van der Waals surface area contributed by atoms with Gasteiger partial charge in [-0.2, -0.15) is 0 Å². The van der Waals surface area contributed by atoms with Crippen molar-refractivity contribution < 1.29 is 42.5 Å². The molecule has 6 heteroatoms. The van der Waals surface area contributed by atoms with Gasteiger partial charge < -0.3 is 4.55 Å². The molecule has 1 unspecified atom stereocenters. The van der Waals surface area contributed by atoms with Gasteiger partial charge in [-0.25, -0.2) is 8.42 Å². The molecule has 0 aromatic heterocycles. The molecule has 0 saturated carbocycles. The summed E-state index contributed by atoms with van der Waals surface area (Å²) < 4.78 is 29.6. The molecule has 0 aliphatic carbocycles. The number of halogens is 1. The summed E-state index contributed by atoms with van der Waals surface area (Å²) in [6, 6.07) is 0. The molecule has 0 saturated heterocycles. The second-order valence-electron chi connectivity index (χ2n) is 1.51. The van der Waals surface area contributed by atoms with Crippen molar-refractivity contribution in [3.63, 3.8) is 0 Å². The molecule has 1 atom stereocenters. The Morgan fingerprint density at radius 1 is 1.67 bits per heavy atom. The quantitative estimate of drug-likeness (QED) is 0.292. The molecule has 50 valence electrons. The van der Waals surface area contributed by atoms with E-state index in [1.807, 2.05) is 0 Å². The molecule has 0 fully saturated rings. The first-order valence-electron chi connectivity index (χ1n) is 1.99. The summed E-state index contributed by atoms with van der Waals surface area (Å²) >= 11 is 2.93. The SMILES string of the molecule is CC(Br)CS(=O)(=O)[O-].[Na+]. The summed E-state index contributed by atoms with van der Waals surface area (Å²) in [5, 5.41) is 0. The minimum atomic E-state index is -4.02. The summed E-state index contributed by atoms with van der Waals surface area (Å²) in [6.07, 6.45) is 0. The summed E-state index contributed by atoms with van der Waals surface area (Å²) in [7, 11) is -4.02. The summed E-state index contributed by atoms with van der Waals surface area (Å²) in [6.45, 7) is 1.61. The first kappa shape index (κ1) is 13.0. The van der Waals surface area contributed by atoms with Crippen LogP contribution in [-0.2, 0) is 10.1 Å². The molecular formula is C3H6BrNaO3S.